The van der Waals surface area contributed by atoms with Crippen LogP contribution in [0.15, 0.2) is 41.3 Å². The van der Waals surface area contributed by atoms with Crippen molar-refractivity contribution in [3.8, 4) is 6.07 Å². The van der Waals surface area contributed by atoms with E-state index >= 15 is 0 Å². The van der Waals surface area contributed by atoms with Gasteiger partial charge in [-0.15, -0.1) is 0 Å². The Balaban J connectivity index is 2.39. The Morgan fingerprint density at radius 2 is 1.88 bits per heavy atom. The molecular formula is C12H11NO2S. The molecule has 0 amide bonds. The lowest BCUT2D eigenvalue weighted by Gasteiger charge is -2.02. The second-order valence-corrected chi connectivity index (χ2v) is 6.03. The highest BCUT2D eigenvalue weighted by Gasteiger charge is 2.52. The molecule has 0 aliphatic heterocycles. The number of rotatable bonds is 2. The second kappa shape index (κ2) is 3.46. The van der Waals surface area contributed by atoms with Gasteiger partial charge in [0, 0.05) is 0 Å². The summed E-state index contributed by atoms with van der Waals surface area (Å²) in [4.78, 5) is 0.266. The molecule has 16 heavy (non-hydrogen) atoms. The third-order valence-electron chi connectivity index (χ3n) is 2.78. The fourth-order valence-electron chi connectivity index (χ4n) is 1.69. The van der Waals surface area contributed by atoms with Crippen molar-refractivity contribution < 1.29 is 8.42 Å². The Labute approximate surface area is 94.9 Å². The van der Waals surface area contributed by atoms with Gasteiger partial charge in [0.05, 0.1) is 16.9 Å². The van der Waals surface area contributed by atoms with E-state index in [1.807, 2.05) is 13.0 Å². The molecule has 2 atom stereocenters. The van der Waals surface area contributed by atoms with Gasteiger partial charge < -0.3 is 0 Å². The summed E-state index contributed by atoms with van der Waals surface area (Å²) < 4.78 is 24.1. The molecule has 4 heteroatoms. The molecule has 1 aromatic carbocycles. The van der Waals surface area contributed by atoms with Gasteiger partial charge in [-0.1, -0.05) is 24.3 Å². The maximum atomic E-state index is 12.1. The lowest BCUT2D eigenvalue weighted by molar-refractivity contribution is 0.594. The topological polar surface area (TPSA) is 57.9 Å². The van der Waals surface area contributed by atoms with E-state index in [4.69, 9.17) is 5.26 Å². The fraction of sp³-hybridized carbons (Fsp3) is 0.250. The Morgan fingerprint density at radius 1 is 1.31 bits per heavy atom. The number of sulfone groups is 1. The summed E-state index contributed by atoms with van der Waals surface area (Å²) in [6, 6.07) is 8.59. The lowest BCUT2D eigenvalue weighted by atomic mass is 10.2. The van der Waals surface area contributed by atoms with Gasteiger partial charge >= 0.3 is 0 Å². The van der Waals surface area contributed by atoms with Crippen LogP contribution in [-0.2, 0) is 9.84 Å². The molecule has 1 fully saturated rings. The van der Waals surface area contributed by atoms with Gasteiger partial charge in [-0.05, 0) is 24.6 Å². The van der Waals surface area contributed by atoms with Gasteiger partial charge in [0.15, 0.2) is 9.84 Å². The minimum atomic E-state index is -3.42. The molecule has 1 aliphatic rings. The maximum absolute atomic E-state index is 12.1. The van der Waals surface area contributed by atoms with Crippen LogP contribution in [-0.4, -0.2) is 13.7 Å². The van der Waals surface area contributed by atoms with Crippen molar-refractivity contribution in [3.63, 3.8) is 0 Å². The molecule has 82 valence electrons. The van der Waals surface area contributed by atoms with Crippen molar-refractivity contribution in [2.45, 2.75) is 17.1 Å². The van der Waals surface area contributed by atoms with Crippen molar-refractivity contribution in [2.24, 2.45) is 5.92 Å². The van der Waals surface area contributed by atoms with Crippen LogP contribution < -0.4 is 0 Å². The van der Waals surface area contributed by atoms with Crippen LogP contribution in [0.3, 0.4) is 0 Å². The first kappa shape index (κ1) is 10.9. The fourth-order valence-corrected chi connectivity index (χ4v) is 3.56. The molecule has 0 radical (unpaired) electrons. The van der Waals surface area contributed by atoms with E-state index in [2.05, 4.69) is 6.58 Å². The molecular weight excluding hydrogens is 222 g/mol. The summed E-state index contributed by atoms with van der Waals surface area (Å²) in [5.41, 5.74) is 1.51. The van der Waals surface area contributed by atoms with E-state index in [9.17, 15) is 8.42 Å². The predicted octanol–water partition coefficient (Wildman–Crippen LogP) is 1.85. The van der Waals surface area contributed by atoms with Crippen molar-refractivity contribution >= 4 is 9.84 Å². The zero-order chi connectivity index (χ0) is 11.9. The third-order valence-corrected chi connectivity index (χ3v) is 4.95. The highest BCUT2D eigenvalue weighted by molar-refractivity contribution is 7.92. The Kier molecular flexibility index (Phi) is 2.36. The molecule has 0 bridgehead atoms. The molecule has 0 heterocycles. The zero-order valence-corrected chi connectivity index (χ0v) is 9.66. The van der Waals surface area contributed by atoms with Crippen molar-refractivity contribution in [2.75, 3.05) is 0 Å². The largest absolute Gasteiger partial charge is 0.223 e. The van der Waals surface area contributed by atoms with E-state index in [0.29, 0.717) is 5.57 Å². The van der Waals surface area contributed by atoms with E-state index in [1.165, 1.54) is 0 Å². The first-order chi connectivity index (χ1) is 7.48. The van der Waals surface area contributed by atoms with Crippen LogP contribution >= 0.6 is 0 Å². The number of nitrogens with zero attached hydrogens (tertiary/aromatic N) is 1. The molecule has 0 unspecified atom stereocenters. The van der Waals surface area contributed by atoms with Gasteiger partial charge in [0.2, 0.25) is 0 Å². The highest BCUT2D eigenvalue weighted by Crippen LogP contribution is 2.44. The molecule has 2 rings (SSSR count). The SMILES string of the molecule is C=C1[C@H](C#N)[C@H]1S(=O)(=O)c1ccc(C)cc1. The van der Waals surface area contributed by atoms with Gasteiger partial charge in [0.1, 0.15) is 5.25 Å². The minimum Gasteiger partial charge on any atom is -0.223 e. The summed E-state index contributed by atoms with van der Waals surface area (Å²) in [7, 11) is -3.42. The van der Waals surface area contributed by atoms with Gasteiger partial charge in [0.25, 0.3) is 0 Å². The van der Waals surface area contributed by atoms with Gasteiger partial charge in [-0.3, -0.25) is 0 Å². The molecule has 0 saturated heterocycles. The molecule has 0 N–H and O–H groups in total. The van der Waals surface area contributed by atoms with Crippen LogP contribution in [0.1, 0.15) is 5.56 Å². The van der Waals surface area contributed by atoms with E-state index < -0.39 is 21.0 Å². The smallest absolute Gasteiger partial charge is 0.186 e. The second-order valence-electron chi connectivity index (χ2n) is 3.96. The Hall–Kier alpha value is -1.60. The number of benzene rings is 1. The molecule has 1 saturated carbocycles. The summed E-state index contributed by atoms with van der Waals surface area (Å²) >= 11 is 0. The monoisotopic (exact) mass is 233 g/mol. The summed E-state index contributed by atoms with van der Waals surface area (Å²) in [5, 5.41) is 8.02. The predicted molar refractivity (Wildman–Crippen MR) is 60.4 cm³/mol. The first-order valence-electron chi connectivity index (χ1n) is 4.87. The van der Waals surface area contributed by atoms with Crippen molar-refractivity contribution in [1.29, 1.82) is 5.26 Å². The quantitative estimate of drug-likeness (QED) is 0.732. The van der Waals surface area contributed by atoms with Crippen LogP contribution in [0.5, 0.6) is 0 Å². The number of hydrogen-bond acceptors (Lipinski definition) is 3. The van der Waals surface area contributed by atoms with Crippen LogP contribution in [0.25, 0.3) is 0 Å². The molecule has 0 spiro atoms. The number of hydrogen-bond donors (Lipinski definition) is 0. The Bertz CT molecular complexity index is 578. The van der Waals surface area contributed by atoms with Gasteiger partial charge in [-0.25, -0.2) is 8.42 Å². The summed E-state index contributed by atoms with van der Waals surface area (Å²) in [5.74, 6) is -0.536. The van der Waals surface area contributed by atoms with Gasteiger partial charge in [-0.2, -0.15) is 5.26 Å². The normalized spacial score (nSPS) is 23.9. The van der Waals surface area contributed by atoms with E-state index in [1.54, 1.807) is 24.3 Å². The minimum absolute atomic E-state index is 0.266. The maximum Gasteiger partial charge on any atom is 0.186 e. The molecule has 1 aromatic rings. The van der Waals surface area contributed by atoms with Crippen LogP contribution in [0.4, 0.5) is 0 Å². The third kappa shape index (κ3) is 1.54. The van der Waals surface area contributed by atoms with Crippen molar-refractivity contribution in [3.05, 3.63) is 42.0 Å². The molecule has 3 nitrogen and oxygen atoms in total. The number of nitriles is 1. The molecule has 0 aromatic heterocycles. The zero-order valence-electron chi connectivity index (χ0n) is 8.84. The average molecular weight is 233 g/mol. The average Bonchev–Trinajstić information content (AvgIpc) is 2.90. The van der Waals surface area contributed by atoms with E-state index in [0.717, 1.165) is 5.56 Å². The Morgan fingerprint density at radius 3 is 2.31 bits per heavy atom. The van der Waals surface area contributed by atoms with Crippen LogP contribution in [0, 0.1) is 24.2 Å². The van der Waals surface area contributed by atoms with Crippen LogP contribution in [0.2, 0.25) is 0 Å². The van der Waals surface area contributed by atoms with E-state index in [-0.39, 0.29) is 4.90 Å². The van der Waals surface area contributed by atoms with Crippen molar-refractivity contribution in [1.82, 2.24) is 0 Å². The first-order valence-corrected chi connectivity index (χ1v) is 6.42. The standard InChI is InChI=1S/C12H11NO2S/c1-8-3-5-10(6-4-8)16(14,15)12-9(2)11(12)7-13/h3-6,11-12H,2H2,1H3/t11-,12-/m0/s1. The summed E-state index contributed by atoms with van der Waals surface area (Å²) in [6.45, 7) is 5.50. The molecule has 1 aliphatic carbocycles. The lowest BCUT2D eigenvalue weighted by Crippen LogP contribution is -2.09. The summed E-state index contributed by atoms with van der Waals surface area (Å²) in [6.07, 6.45) is 0. The highest BCUT2D eigenvalue weighted by atomic mass is 32.2. The number of aryl methyl sites for hydroxylation is 1.